The van der Waals surface area contributed by atoms with Crippen molar-refractivity contribution in [3.63, 3.8) is 0 Å². The quantitative estimate of drug-likeness (QED) is 0.783. The molecule has 1 aromatic heterocycles. The molecule has 3 fully saturated rings. The second kappa shape index (κ2) is 5.68. The van der Waals surface area contributed by atoms with Crippen LogP contribution >= 0.6 is 0 Å². The number of amides is 1. The molecular weight excluding hydrogens is 328 g/mol. The third-order valence-electron chi connectivity index (χ3n) is 5.33. The summed E-state index contributed by atoms with van der Waals surface area (Å²) in [6.45, 7) is 1.44. The number of nitrogens with zero attached hydrogens (tertiary/aromatic N) is 4. The fourth-order valence-corrected chi connectivity index (χ4v) is 5.18. The number of sulfone groups is 1. The molecule has 2 saturated heterocycles. The van der Waals surface area contributed by atoms with Gasteiger partial charge < -0.3 is 9.80 Å². The summed E-state index contributed by atoms with van der Waals surface area (Å²) in [5, 5.41) is 8.58. The van der Waals surface area contributed by atoms with Crippen molar-refractivity contribution in [1.82, 2.24) is 15.1 Å². The van der Waals surface area contributed by atoms with E-state index in [1.807, 2.05) is 12.1 Å². The number of aromatic nitrogens is 2. The Morgan fingerprint density at radius 2 is 1.96 bits per heavy atom. The number of carbonyl (C=O) groups is 1. The summed E-state index contributed by atoms with van der Waals surface area (Å²) in [4.78, 5) is 16.3. The summed E-state index contributed by atoms with van der Waals surface area (Å²) in [6, 6.07) is 4.17. The highest BCUT2D eigenvalue weighted by Crippen LogP contribution is 2.39. The van der Waals surface area contributed by atoms with Crippen molar-refractivity contribution < 1.29 is 13.2 Å². The molecule has 1 unspecified atom stereocenters. The molecule has 2 aliphatic heterocycles. The van der Waals surface area contributed by atoms with Gasteiger partial charge in [0, 0.05) is 26.1 Å². The first-order chi connectivity index (χ1) is 11.4. The van der Waals surface area contributed by atoms with Crippen molar-refractivity contribution in [3.8, 4) is 0 Å². The van der Waals surface area contributed by atoms with E-state index in [2.05, 4.69) is 15.1 Å². The molecule has 3 heterocycles. The standard InChI is InChI=1S/C16H22N4O3S/c1-19(16(21)12-6-7-24(22,23)10-12)13-8-20(9-13)15-5-4-14(17-18-15)11-2-3-11/h4-5,11-13H,2-3,6-10H2,1H3. The molecule has 130 valence electrons. The molecule has 8 heteroatoms. The molecule has 1 amide bonds. The van der Waals surface area contributed by atoms with Gasteiger partial charge in [-0.1, -0.05) is 0 Å². The van der Waals surface area contributed by atoms with Gasteiger partial charge in [0.05, 0.1) is 29.2 Å². The van der Waals surface area contributed by atoms with Crippen LogP contribution in [0.25, 0.3) is 0 Å². The molecule has 1 atom stereocenters. The van der Waals surface area contributed by atoms with Crippen molar-refractivity contribution in [3.05, 3.63) is 17.8 Å². The largest absolute Gasteiger partial charge is 0.351 e. The Labute approximate surface area is 142 Å². The van der Waals surface area contributed by atoms with Crippen LogP contribution in [0.5, 0.6) is 0 Å². The summed E-state index contributed by atoms with van der Waals surface area (Å²) in [6.07, 6.45) is 2.88. The van der Waals surface area contributed by atoms with Gasteiger partial charge in [0.25, 0.3) is 0 Å². The van der Waals surface area contributed by atoms with Crippen LogP contribution in [0.3, 0.4) is 0 Å². The van der Waals surface area contributed by atoms with Gasteiger partial charge in [-0.2, -0.15) is 5.10 Å². The first kappa shape index (κ1) is 15.8. The maximum atomic E-state index is 12.5. The minimum atomic E-state index is -3.02. The maximum absolute atomic E-state index is 12.5. The smallest absolute Gasteiger partial charge is 0.226 e. The molecule has 1 aromatic rings. The molecule has 4 rings (SSSR count). The highest BCUT2D eigenvalue weighted by molar-refractivity contribution is 7.91. The van der Waals surface area contributed by atoms with Gasteiger partial charge in [0.15, 0.2) is 15.7 Å². The number of hydrogen-bond donors (Lipinski definition) is 0. The fraction of sp³-hybridized carbons (Fsp3) is 0.688. The summed E-state index contributed by atoms with van der Waals surface area (Å²) >= 11 is 0. The maximum Gasteiger partial charge on any atom is 0.226 e. The second-order valence-corrected chi connectivity index (χ2v) is 9.43. The first-order valence-corrected chi connectivity index (χ1v) is 10.3. The topological polar surface area (TPSA) is 83.5 Å². The molecule has 0 bridgehead atoms. The lowest BCUT2D eigenvalue weighted by Crippen LogP contribution is -2.61. The Hall–Kier alpha value is -1.70. The number of likely N-dealkylation sites (N-methyl/N-ethyl adjacent to an activating group) is 1. The molecule has 1 saturated carbocycles. The van der Waals surface area contributed by atoms with Crippen molar-refractivity contribution >= 4 is 21.6 Å². The zero-order valence-corrected chi connectivity index (χ0v) is 14.6. The van der Waals surface area contributed by atoms with Gasteiger partial charge in [-0.05, 0) is 31.4 Å². The molecule has 1 aliphatic carbocycles. The molecule has 24 heavy (non-hydrogen) atoms. The van der Waals surface area contributed by atoms with Crippen LogP contribution < -0.4 is 4.90 Å². The zero-order chi connectivity index (χ0) is 16.9. The fourth-order valence-electron chi connectivity index (χ4n) is 3.45. The van der Waals surface area contributed by atoms with Gasteiger partial charge >= 0.3 is 0 Å². The highest BCUT2D eigenvalue weighted by Gasteiger charge is 2.39. The minimum Gasteiger partial charge on any atom is -0.351 e. The van der Waals surface area contributed by atoms with Crippen molar-refractivity contribution in [2.45, 2.75) is 31.2 Å². The van der Waals surface area contributed by atoms with E-state index < -0.39 is 9.84 Å². The van der Waals surface area contributed by atoms with E-state index in [4.69, 9.17) is 0 Å². The van der Waals surface area contributed by atoms with Crippen molar-refractivity contribution in [1.29, 1.82) is 0 Å². The Balaban J connectivity index is 1.32. The Kier molecular flexibility index (Phi) is 3.74. The first-order valence-electron chi connectivity index (χ1n) is 8.48. The van der Waals surface area contributed by atoms with E-state index in [1.54, 1.807) is 11.9 Å². The van der Waals surface area contributed by atoms with Crippen LogP contribution in [0, 0.1) is 5.92 Å². The number of rotatable bonds is 4. The molecule has 0 radical (unpaired) electrons. The zero-order valence-electron chi connectivity index (χ0n) is 13.8. The monoisotopic (exact) mass is 350 g/mol. The lowest BCUT2D eigenvalue weighted by molar-refractivity contribution is -0.136. The molecule has 7 nitrogen and oxygen atoms in total. The lowest BCUT2D eigenvalue weighted by atomic mass is 10.0. The SMILES string of the molecule is CN(C(=O)C1CCS(=O)(=O)C1)C1CN(c2ccc(C3CC3)nn2)C1. The number of carbonyl (C=O) groups excluding carboxylic acids is 1. The van der Waals surface area contributed by atoms with Crippen LogP contribution in [0.15, 0.2) is 12.1 Å². The van der Waals surface area contributed by atoms with E-state index >= 15 is 0 Å². The third-order valence-corrected chi connectivity index (χ3v) is 7.10. The Bertz CT molecular complexity index is 739. The average Bonchev–Trinajstić information content (AvgIpc) is 3.29. The highest BCUT2D eigenvalue weighted by atomic mass is 32.2. The Morgan fingerprint density at radius 3 is 2.50 bits per heavy atom. The predicted octanol–water partition coefficient (Wildman–Crippen LogP) is 0.436. The van der Waals surface area contributed by atoms with Crippen LogP contribution in [0.1, 0.15) is 30.9 Å². The average molecular weight is 350 g/mol. The van der Waals surface area contributed by atoms with Crippen molar-refractivity contribution in [2.75, 3.05) is 36.5 Å². The van der Waals surface area contributed by atoms with Gasteiger partial charge in [-0.15, -0.1) is 5.10 Å². The molecule has 0 spiro atoms. The van der Waals surface area contributed by atoms with E-state index in [1.165, 1.54) is 12.8 Å². The molecule has 0 aromatic carbocycles. The summed E-state index contributed by atoms with van der Waals surface area (Å²) in [7, 11) is -1.25. The van der Waals surface area contributed by atoms with Gasteiger partial charge in [0.2, 0.25) is 5.91 Å². The van der Waals surface area contributed by atoms with Crippen LogP contribution in [-0.2, 0) is 14.6 Å². The molecule has 3 aliphatic rings. The number of anilines is 1. The van der Waals surface area contributed by atoms with E-state index in [0.717, 1.165) is 24.6 Å². The van der Waals surface area contributed by atoms with Crippen LogP contribution in [0.2, 0.25) is 0 Å². The van der Waals surface area contributed by atoms with Crippen LogP contribution in [0.4, 0.5) is 5.82 Å². The van der Waals surface area contributed by atoms with Crippen molar-refractivity contribution in [2.24, 2.45) is 5.92 Å². The van der Waals surface area contributed by atoms with Gasteiger partial charge in [-0.3, -0.25) is 4.79 Å². The molecular formula is C16H22N4O3S. The third kappa shape index (κ3) is 2.99. The second-order valence-electron chi connectivity index (χ2n) is 7.20. The van der Waals surface area contributed by atoms with E-state index in [0.29, 0.717) is 12.3 Å². The summed E-state index contributed by atoms with van der Waals surface area (Å²) < 4.78 is 23.1. The molecule has 0 N–H and O–H groups in total. The van der Waals surface area contributed by atoms with E-state index in [-0.39, 0.29) is 29.4 Å². The predicted molar refractivity (Wildman–Crippen MR) is 89.5 cm³/mol. The normalized spacial score (nSPS) is 26.2. The number of hydrogen-bond acceptors (Lipinski definition) is 6. The van der Waals surface area contributed by atoms with E-state index in [9.17, 15) is 13.2 Å². The minimum absolute atomic E-state index is 0.000706. The summed E-state index contributed by atoms with van der Waals surface area (Å²) in [5.74, 6) is 1.17. The van der Waals surface area contributed by atoms with Crippen LogP contribution in [-0.4, -0.2) is 67.1 Å². The lowest BCUT2D eigenvalue weighted by Gasteiger charge is -2.45. The van der Waals surface area contributed by atoms with Gasteiger partial charge in [0.1, 0.15) is 0 Å². The van der Waals surface area contributed by atoms with Gasteiger partial charge in [-0.25, -0.2) is 8.42 Å². The Morgan fingerprint density at radius 1 is 1.21 bits per heavy atom. The summed E-state index contributed by atoms with van der Waals surface area (Å²) in [5.41, 5.74) is 1.07.